The molecule has 0 saturated carbocycles. The molecule has 2 rings (SSSR count). The Morgan fingerprint density at radius 2 is 2.29 bits per heavy atom. The molecule has 1 atom stereocenters. The van der Waals surface area contributed by atoms with Crippen LogP contribution in [-0.2, 0) is 4.74 Å². The topological polar surface area (TPSA) is 84.7 Å². The molecule has 1 unspecified atom stereocenters. The van der Waals surface area contributed by atoms with Gasteiger partial charge in [0.05, 0.1) is 11.0 Å². The van der Waals surface area contributed by atoms with E-state index in [4.69, 9.17) is 4.74 Å². The summed E-state index contributed by atoms with van der Waals surface area (Å²) in [4.78, 5) is 24.2. The van der Waals surface area contributed by atoms with Crippen LogP contribution in [0.3, 0.4) is 0 Å². The van der Waals surface area contributed by atoms with Crippen LogP contribution in [-0.4, -0.2) is 42.2 Å². The Labute approximate surface area is 123 Å². The summed E-state index contributed by atoms with van der Waals surface area (Å²) >= 11 is 0. The summed E-state index contributed by atoms with van der Waals surface area (Å²) in [5.74, 6) is 0. The summed E-state index contributed by atoms with van der Waals surface area (Å²) in [6, 6.07) is 4.35. The molecule has 0 radical (unpaired) electrons. The van der Waals surface area contributed by atoms with Crippen molar-refractivity contribution in [1.29, 1.82) is 0 Å². The molecule has 1 aliphatic heterocycles. The van der Waals surface area contributed by atoms with Crippen LogP contribution < -0.4 is 5.32 Å². The highest BCUT2D eigenvalue weighted by Gasteiger charge is 2.23. The molecule has 0 spiro atoms. The number of nitrogens with one attached hydrogen (secondary N) is 1. The Bertz CT molecular complexity index is 547. The van der Waals surface area contributed by atoms with Crippen molar-refractivity contribution in [3.05, 3.63) is 33.9 Å². The molecule has 21 heavy (non-hydrogen) atoms. The van der Waals surface area contributed by atoms with E-state index in [1.807, 2.05) is 0 Å². The number of aryl methyl sites for hydroxylation is 1. The highest BCUT2D eigenvalue weighted by Crippen LogP contribution is 2.22. The number of methoxy groups -OCH3 is 1. The Balaban J connectivity index is 2.02. The van der Waals surface area contributed by atoms with E-state index in [2.05, 4.69) is 5.32 Å². The molecule has 0 aromatic heterocycles. The summed E-state index contributed by atoms with van der Waals surface area (Å²) in [7, 11) is 1.64. The van der Waals surface area contributed by atoms with Gasteiger partial charge in [0.25, 0.3) is 5.69 Å². The predicted molar refractivity (Wildman–Crippen MR) is 78.5 cm³/mol. The van der Waals surface area contributed by atoms with Gasteiger partial charge in [0.1, 0.15) is 0 Å². The summed E-state index contributed by atoms with van der Waals surface area (Å²) in [5.41, 5.74) is 1.12. The minimum atomic E-state index is -0.436. The first kappa shape index (κ1) is 15.2. The number of rotatable bonds is 3. The number of likely N-dealkylation sites (tertiary alicyclic amines) is 1. The average Bonchev–Trinajstić information content (AvgIpc) is 2.47. The zero-order valence-electron chi connectivity index (χ0n) is 12.2. The highest BCUT2D eigenvalue weighted by molar-refractivity contribution is 5.89. The van der Waals surface area contributed by atoms with E-state index in [-0.39, 0.29) is 17.8 Å². The SMILES string of the molecule is COC1CCCN(C(=O)Nc2ccc([N+](=O)[O-])c(C)c2)C1. The summed E-state index contributed by atoms with van der Waals surface area (Å²) in [6.07, 6.45) is 1.94. The number of hydrogen-bond acceptors (Lipinski definition) is 4. The van der Waals surface area contributed by atoms with Gasteiger partial charge in [-0.15, -0.1) is 0 Å². The van der Waals surface area contributed by atoms with Crippen LogP contribution in [0.4, 0.5) is 16.2 Å². The van der Waals surface area contributed by atoms with E-state index in [1.165, 1.54) is 6.07 Å². The monoisotopic (exact) mass is 293 g/mol. The second kappa shape index (κ2) is 6.53. The van der Waals surface area contributed by atoms with E-state index in [9.17, 15) is 14.9 Å². The van der Waals surface area contributed by atoms with Crippen molar-refractivity contribution < 1.29 is 14.5 Å². The van der Waals surface area contributed by atoms with Crippen molar-refractivity contribution in [3.8, 4) is 0 Å². The first-order valence-electron chi connectivity index (χ1n) is 6.85. The lowest BCUT2D eigenvalue weighted by molar-refractivity contribution is -0.385. The average molecular weight is 293 g/mol. The number of hydrogen-bond donors (Lipinski definition) is 1. The lowest BCUT2D eigenvalue weighted by Gasteiger charge is -2.31. The third-order valence-electron chi connectivity index (χ3n) is 3.64. The van der Waals surface area contributed by atoms with Crippen molar-refractivity contribution in [1.82, 2.24) is 4.90 Å². The Morgan fingerprint density at radius 1 is 1.52 bits per heavy atom. The second-order valence-electron chi connectivity index (χ2n) is 5.13. The van der Waals surface area contributed by atoms with Crippen molar-refractivity contribution in [2.45, 2.75) is 25.9 Å². The number of amides is 2. The van der Waals surface area contributed by atoms with Gasteiger partial charge in [-0.3, -0.25) is 10.1 Å². The van der Waals surface area contributed by atoms with Crippen LogP contribution in [0.1, 0.15) is 18.4 Å². The molecule has 1 aliphatic rings. The molecule has 1 fully saturated rings. The van der Waals surface area contributed by atoms with E-state index in [1.54, 1.807) is 31.1 Å². The van der Waals surface area contributed by atoms with Gasteiger partial charge in [-0.1, -0.05) is 0 Å². The third-order valence-corrected chi connectivity index (χ3v) is 3.64. The minimum absolute atomic E-state index is 0.0467. The quantitative estimate of drug-likeness (QED) is 0.685. The van der Waals surface area contributed by atoms with E-state index < -0.39 is 4.92 Å². The van der Waals surface area contributed by atoms with Crippen molar-refractivity contribution in [2.24, 2.45) is 0 Å². The number of ether oxygens (including phenoxy) is 1. The van der Waals surface area contributed by atoms with Gasteiger partial charge < -0.3 is 15.0 Å². The number of benzene rings is 1. The molecule has 1 aromatic rings. The van der Waals surface area contributed by atoms with Gasteiger partial charge in [0, 0.05) is 37.5 Å². The van der Waals surface area contributed by atoms with Crippen molar-refractivity contribution in [3.63, 3.8) is 0 Å². The maximum atomic E-state index is 12.2. The molecule has 1 N–H and O–H groups in total. The lowest BCUT2D eigenvalue weighted by atomic mass is 10.1. The number of carbonyl (C=O) groups excluding carboxylic acids is 1. The third kappa shape index (κ3) is 3.69. The summed E-state index contributed by atoms with van der Waals surface area (Å²) < 4.78 is 5.29. The first-order valence-corrected chi connectivity index (χ1v) is 6.85. The van der Waals surface area contributed by atoms with Crippen LogP contribution in [0.15, 0.2) is 18.2 Å². The summed E-state index contributed by atoms with van der Waals surface area (Å²) in [6.45, 7) is 2.90. The zero-order valence-corrected chi connectivity index (χ0v) is 12.2. The smallest absolute Gasteiger partial charge is 0.321 e. The predicted octanol–water partition coefficient (Wildman–Crippen LogP) is 2.55. The normalized spacial score (nSPS) is 18.4. The van der Waals surface area contributed by atoms with Gasteiger partial charge >= 0.3 is 6.03 Å². The molecule has 2 amide bonds. The fraction of sp³-hybridized carbons (Fsp3) is 0.500. The summed E-state index contributed by atoms with van der Waals surface area (Å²) in [5, 5.41) is 13.5. The largest absolute Gasteiger partial charge is 0.380 e. The van der Waals surface area contributed by atoms with Crippen LogP contribution in [0.25, 0.3) is 0 Å². The van der Waals surface area contributed by atoms with Gasteiger partial charge in [0.2, 0.25) is 0 Å². The van der Waals surface area contributed by atoms with Crippen LogP contribution >= 0.6 is 0 Å². The molecule has 0 bridgehead atoms. The number of nitrogens with zero attached hydrogens (tertiary/aromatic N) is 2. The fourth-order valence-electron chi connectivity index (χ4n) is 2.46. The number of carbonyl (C=O) groups is 1. The first-order chi connectivity index (χ1) is 10.0. The number of anilines is 1. The lowest BCUT2D eigenvalue weighted by Crippen LogP contribution is -2.44. The molecule has 0 aliphatic carbocycles. The number of urea groups is 1. The molecule has 1 heterocycles. The highest BCUT2D eigenvalue weighted by atomic mass is 16.6. The number of piperidine rings is 1. The number of nitro benzene ring substituents is 1. The number of nitro groups is 1. The van der Waals surface area contributed by atoms with E-state index in [0.29, 0.717) is 24.3 Å². The molecule has 7 nitrogen and oxygen atoms in total. The standard InChI is InChI=1S/C14H19N3O4/c1-10-8-11(5-6-13(10)17(19)20)15-14(18)16-7-3-4-12(9-16)21-2/h5-6,8,12H,3-4,7,9H2,1-2H3,(H,15,18). The molecule has 1 saturated heterocycles. The minimum Gasteiger partial charge on any atom is -0.380 e. The Morgan fingerprint density at radius 3 is 2.90 bits per heavy atom. The molecule has 7 heteroatoms. The fourth-order valence-corrected chi connectivity index (χ4v) is 2.46. The molecule has 114 valence electrons. The maximum absolute atomic E-state index is 12.2. The van der Waals surface area contributed by atoms with Crippen molar-refractivity contribution in [2.75, 3.05) is 25.5 Å². The van der Waals surface area contributed by atoms with Gasteiger partial charge in [0.15, 0.2) is 0 Å². The van der Waals surface area contributed by atoms with Crippen LogP contribution in [0.5, 0.6) is 0 Å². The molecular formula is C14H19N3O4. The zero-order chi connectivity index (χ0) is 15.4. The molecular weight excluding hydrogens is 274 g/mol. The van der Waals surface area contributed by atoms with E-state index >= 15 is 0 Å². The van der Waals surface area contributed by atoms with E-state index in [0.717, 1.165) is 12.8 Å². The molecule has 1 aromatic carbocycles. The van der Waals surface area contributed by atoms with Gasteiger partial charge in [-0.2, -0.15) is 0 Å². The van der Waals surface area contributed by atoms with Gasteiger partial charge in [-0.25, -0.2) is 4.79 Å². The van der Waals surface area contributed by atoms with Crippen molar-refractivity contribution >= 4 is 17.4 Å². The van der Waals surface area contributed by atoms with Gasteiger partial charge in [-0.05, 0) is 31.9 Å². The Hall–Kier alpha value is -2.15. The van der Waals surface area contributed by atoms with Crippen LogP contribution in [0, 0.1) is 17.0 Å². The van der Waals surface area contributed by atoms with Crippen LogP contribution in [0.2, 0.25) is 0 Å². The Kier molecular flexibility index (Phi) is 4.74. The maximum Gasteiger partial charge on any atom is 0.321 e. The second-order valence-corrected chi connectivity index (χ2v) is 5.13.